The zero-order valence-electron chi connectivity index (χ0n) is 38.8. The number of carbonyl (C=O) groups is 5. The van der Waals surface area contributed by atoms with E-state index in [1.807, 2.05) is 26.8 Å². The molecular weight excluding hydrogens is 901 g/mol. The number of allylic oxidation sites excluding steroid dienone is 3. The van der Waals surface area contributed by atoms with Gasteiger partial charge in [-0.25, -0.2) is 24.0 Å². The summed E-state index contributed by atoms with van der Waals surface area (Å²) in [5, 5.41) is 0.226. The van der Waals surface area contributed by atoms with E-state index < -0.39 is 78.5 Å². The average molecular weight is 951 g/mol. The van der Waals surface area contributed by atoms with Crippen molar-refractivity contribution in [1.82, 2.24) is 0 Å². The number of hydrogen-bond donors (Lipinski definition) is 0. The van der Waals surface area contributed by atoms with Gasteiger partial charge in [0.25, 0.3) is 5.75 Å². The number of benzene rings is 5. The summed E-state index contributed by atoms with van der Waals surface area (Å²) in [6.45, 7) is 6.56. The minimum atomic E-state index is -1.71. The number of carbonyl (C=O) groups excluding carboxylic acids is 5. The Kier molecular flexibility index (Phi) is 16.7. The number of fused-ring (bicyclic) bond motifs is 1. The lowest BCUT2D eigenvalue weighted by molar-refractivity contribution is -0.275. The number of esters is 5. The Morgan fingerprint density at radius 2 is 1.10 bits per heavy atom. The van der Waals surface area contributed by atoms with Gasteiger partial charge in [0.1, 0.15) is 30.7 Å². The lowest BCUT2D eigenvalue weighted by atomic mass is 9.97. The van der Waals surface area contributed by atoms with Crippen LogP contribution in [0.2, 0.25) is 0 Å². The van der Waals surface area contributed by atoms with Gasteiger partial charge in [0, 0.05) is 13.0 Å². The standard InChI is InChI=1S/C55H50O15/c1-34(2)18-17-19-35(3)30-31-62-45-42-29-28-41(32-43(42)66-54(61)48(45)64-36(4)56)65-55-49(70-53(60)40-26-15-8-16-27-40)47(69-52(59)39-24-13-7-14-25-39)46(68-51(58)38-22-11-6-12-23-38)44(67-55)33-63-50(57)37-20-9-5-10-21-37/h5-16,18,20-30,32,44,46-47,49,55H,17,19,31,33H2,1-4H3/b35-30+/t44-,46-,47+,49+,55+/m1/s1. The van der Waals surface area contributed by atoms with Crippen LogP contribution in [0, 0.1) is 0 Å². The molecule has 0 spiro atoms. The third-order valence-electron chi connectivity index (χ3n) is 10.8. The Hall–Kier alpha value is -8.30. The number of ether oxygens (including phenoxy) is 8. The molecule has 360 valence electrons. The van der Waals surface area contributed by atoms with Crippen molar-refractivity contribution in [2.24, 2.45) is 0 Å². The summed E-state index contributed by atoms with van der Waals surface area (Å²) in [5.41, 5.74) is 1.66. The van der Waals surface area contributed by atoms with E-state index >= 15 is 0 Å². The van der Waals surface area contributed by atoms with Crippen LogP contribution in [0.25, 0.3) is 11.0 Å². The molecule has 0 unspecified atom stereocenters. The second-order valence-corrected chi connectivity index (χ2v) is 16.3. The first-order valence-electron chi connectivity index (χ1n) is 22.4. The van der Waals surface area contributed by atoms with Crippen molar-refractivity contribution in [3.8, 4) is 17.2 Å². The topological polar surface area (TPSA) is 189 Å². The van der Waals surface area contributed by atoms with Gasteiger partial charge in [-0.1, -0.05) is 90.0 Å². The molecule has 5 atom stereocenters. The van der Waals surface area contributed by atoms with E-state index in [9.17, 15) is 28.8 Å². The maximum absolute atomic E-state index is 14.1. The van der Waals surface area contributed by atoms with E-state index in [1.165, 1.54) is 60.2 Å². The van der Waals surface area contributed by atoms with Gasteiger partial charge in [-0.05, 0) is 100 Å². The molecule has 15 nitrogen and oxygen atoms in total. The monoisotopic (exact) mass is 950 g/mol. The molecule has 7 rings (SSSR count). The zero-order chi connectivity index (χ0) is 49.6. The minimum absolute atomic E-state index is 0.0193. The Morgan fingerprint density at radius 1 is 0.586 bits per heavy atom. The molecule has 1 fully saturated rings. The molecule has 15 heteroatoms. The van der Waals surface area contributed by atoms with Gasteiger partial charge in [-0.15, -0.1) is 0 Å². The van der Waals surface area contributed by atoms with E-state index in [-0.39, 0.29) is 51.3 Å². The molecule has 5 aromatic carbocycles. The molecule has 70 heavy (non-hydrogen) atoms. The third-order valence-corrected chi connectivity index (χ3v) is 10.8. The van der Waals surface area contributed by atoms with Crippen LogP contribution in [0.5, 0.6) is 17.2 Å². The fourth-order valence-electron chi connectivity index (χ4n) is 7.30. The van der Waals surface area contributed by atoms with Crippen LogP contribution in [0.15, 0.2) is 172 Å². The highest BCUT2D eigenvalue weighted by atomic mass is 16.7. The summed E-state index contributed by atoms with van der Waals surface area (Å²) in [6.07, 6.45) is -2.62. The van der Waals surface area contributed by atoms with E-state index in [4.69, 9.17) is 42.3 Å². The molecular formula is C55H50O15. The van der Waals surface area contributed by atoms with Gasteiger partial charge < -0.3 is 42.3 Å². The highest BCUT2D eigenvalue weighted by molar-refractivity contribution is 5.92. The average Bonchev–Trinajstić information content (AvgIpc) is 3.36. The molecule has 0 amide bonds. The maximum atomic E-state index is 14.1. The van der Waals surface area contributed by atoms with E-state index in [1.54, 1.807) is 84.9 Å². The van der Waals surface area contributed by atoms with Crippen molar-refractivity contribution < 1.29 is 66.3 Å². The van der Waals surface area contributed by atoms with Crippen LogP contribution in [-0.4, -0.2) is 73.8 Å². The Morgan fingerprint density at radius 3 is 1.63 bits per heavy atom. The molecule has 1 aliphatic rings. The van der Waals surface area contributed by atoms with Crippen molar-refractivity contribution in [2.45, 2.75) is 71.2 Å². The van der Waals surface area contributed by atoms with Crippen LogP contribution in [0.3, 0.4) is 0 Å². The summed E-state index contributed by atoms with van der Waals surface area (Å²) in [7, 11) is 0. The van der Waals surface area contributed by atoms with Gasteiger partial charge in [0.2, 0.25) is 12.4 Å². The highest BCUT2D eigenvalue weighted by Gasteiger charge is 2.54. The van der Waals surface area contributed by atoms with Crippen LogP contribution in [-0.2, 0) is 28.5 Å². The van der Waals surface area contributed by atoms with Gasteiger partial charge in [-0.2, -0.15) is 0 Å². The molecule has 0 N–H and O–H groups in total. The summed E-state index contributed by atoms with van der Waals surface area (Å²) >= 11 is 0. The molecule has 0 bridgehead atoms. The smallest absolute Gasteiger partial charge is 0.383 e. The maximum Gasteiger partial charge on any atom is 0.383 e. The van der Waals surface area contributed by atoms with Gasteiger partial charge in [-0.3, -0.25) is 4.79 Å². The fourth-order valence-corrected chi connectivity index (χ4v) is 7.30. The van der Waals surface area contributed by atoms with Gasteiger partial charge in [0.15, 0.2) is 18.0 Å². The molecule has 0 saturated carbocycles. The lowest BCUT2D eigenvalue weighted by Gasteiger charge is -2.44. The Bertz CT molecular complexity index is 2910. The zero-order valence-corrected chi connectivity index (χ0v) is 38.8. The van der Waals surface area contributed by atoms with Gasteiger partial charge >= 0.3 is 35.5 Å². The van der Waals surface area contributed by atoms with E-state index in [2.05, 4.69) is 6.08 Å². The van der Waals surface area contributed by atoms with E-state index in [0.717, 1.165) is 25.3 Å². The first kappa shape index (κ1) is 49.6. The summed E-state index contributed by atoms with van der Waals surface area (Å²) in [5.74, 6) is -4.75. The quantitative estimate of drug-likeness (QED) is 0.0343. The number of rotatable bonds is 18. The highest BCUT2D eigenvalue weighted by Crippen LogP contribution is 2.37. The molecule has 6 aromatic rings. The van der Waals surface area contributed by atoms with E-state index in [0.29, 0.717) is 0 Å². The molecule has 2 heterocycles. The van der Waals surface area contributed by atoms with Crippen molar-refractivity contribution in [1.29, 1.82) is 0 Å². The van der Waals surface area contributed by atoms with Crippen molar-refractivity contribution >= 4 is 40.8 Å². The van der Waals surface area contributed by atoms with Crippen molar-refractivity contribution in [3.05, 3.63) is 195 Å². The fraction of sp³-hybridized carbons (Fsp3) is 0.236. The molecule has 1 aromatic heterocycles. The Labute approximate surface area is 403 Å². The first-order chi connectivity index (χ1) is 33.8. The largest absolute Gasteiger partial charge is 0.485 e. The predicted molar refractivity (Wildman–Crippen MR) is 255 cm³/mol. The first-order valence-corrected chi connectivity index (χ1v) is 22.4. The number of hydrogen-bond acceptors (Lipinski definition) is 15. The Balaban J connectivity index is 1.30. The van der Waals surface area contributed by atoms with Gasteiger partial charge in [0.05, 0.1) is 27.6 Å². The lowest BCUT2D eigenvalue weighted by Crippen LogP contribution is -2.63. The SMILES string of the molecule is CC(=O)Oc1c(OC/C=C(\C)CCC=C(C)C)c2ccc(O[C@H]3O[C@H](COC(=O)c4ccccc4)[C@@H](OC(=O)c4ccccc4)[C@H](OC(=O)c4ccccc4)[C@@H]3OC(=O)c3ccccc3)cc2oc1=O. The summed E-state index contributed by atoms with van der Waals surface area (Å²) < 4.78 is 54.1. The molecule has 1 saturated heterocycles. The summed E-state index contributed by atoms with van der Waals surface area (Å²) in [6, 6.07) is 36.2. The van der Waals surface area contributed by atoms with Crippen LogP contribution in [0.4, 0.5) is 0 Å². The predicted octanol–water partition coefficient (Wildman–Crippen LogP) is 9.43. The molecule has 1 aliphatic heterocycles. The normalized spacial score (nSPS) is 17.6. The third kappa shape index (κ3) is 13.0. The van der Waals surface area contributed by atoms with Crippen LogP contribution in [0.1, 0.15) is 82.0 Å². The summed E-state index contributed by atoms with van der Waals surface area (Å²) in [4.78, 5) is 81.0. The molecule has 0 radical (unpaired) electrons. The van der Waals surface area contributed by atoms with Crippen molar-refractivity contribution in [2.75, 3.05) is 13.2 Å². The second kappa shape index (κ2) is 23.6. The minimum Gasteiger partial charge on any atom is -0.485 e. The van der Waals surface area contributed by atoms with Crippen LogP contribution < -0.4 is 19.8 Å². The van der Waals surface area contributed by atoms with Crippen LogP contribution >= 0.6 is 0 Å². The second-order valence-electron chi connectivity index (χ2n) is 16.3. The molecule has 0 aliphatic carbocycles. The van der Waals surface area contributed by atoms with Crippen molar-refractivity contribution in [3.63, 3.8) is 0 Å².